The van der Waals surface area contributed by atoms with Crippen molar-refractivity contribution in [3.05, 3.63) is 35.6 Å². The summed E-state index contributed by atoms with van der Waals surface area (Å²) in [4.78, 5) is 0. The summed E-state index contributed by atoms with van der Waals surface area (Å²) in [7, 11) is 3.96. The summed E-state index contributed by atoms with van der Waals surface area (Å²) >= 11 is 0. The second-order valence-corrected chi connectivity index (χ2v) is 4.33. The molecule has 1 aromatic carbocycles. The zero-order valence-electron chi connectivity index (χ0n) is 10.2. The second-order valence-electron chi connectivity index (χ2n) is 4.33. The minimum Gasteiger partial charge on any atom is -0.459 e. The third-order valence-corrected chi connectivity index (χ3v) is 2.73. The Kier molecular flexibility index (Phi) is 2.99. The number of hydrogen-bond acceptors (Lipinski definition) is 3. The van der Waals surface area contributed by atoms with E-state index in [4.69, 9.17) is 4.42 Å². The van der Waals surface area contributed by atoms with E-state index in [1.807, 2.05) is 37.3 Å². The Labute approximate surface area is 96.0 Å². The number of para-hydroxylation sites is 1. The topological polar surface area (TPSA) is 28.4 Å². The van der Waals surface area contributed by atoms with Crippen molar-refractivity contribution in [2.24, 2.45) is 0 Å². The molecule has 2 rings (SSSR count). The number of hydrazine groups is 1. The van der Waals surface area contributed by atoms with Crippen molar-refractivity contribution in [2.45, 2.75) is 19.9 Å². The van der Waals surface area contributed by atoms with E-state index < -0.39 is 0 Å². The summed E-state index contributed by atoms with van der Waals surface area (Å²) in [6, 6.07) is 8.33. The van der Waals surface area contributed by atoms with Gasteiger partial charge in [-0.3, -0.25) is 0 Å². The Hall–Kier alpha value is -1.32. The smallest absolute Gasteiger partial charge is 0.134 e. The molecule has 0 saturated heterocycles. The standard InChI is InChI=1S/C13H18N2O/c1-9-11-7-5-6-8-12(11)16-13(9)10(2)14-15(3)4/h5-8,10,14H,1-4H3. The van der Waals surface area contributed by atoms with E-state index in [0.29, 0.717) is 0 Å². The van der Waals surface area contributed by atoms with Crippen molar-refractivity contribution in [2.75, 3.05) is 14.1 Å². The molecule has 3 heteroatoms. The third kappa shape index (κ3) is 1.96. The van der Waals surface area contributed by atoms with Crippen LogP contribution in [0.2, 0.25) is 0 Å². The van der Waals surface area contributed by atoms with Crippen LogP contribution < -0.4 is 5.43 Å². The Morgan fingerprint density at radius 1 is 1.25 bits per heavy atom. The average molecular weight is 218 g/mol. The van der Waals surface area contributed by atoms with Gasteiger partial charge in [0.25, 0.3) is 0 Å². The van der Waals surface area contributed by atoms with Gasteiger partial charge < -0.3 is 4.42 Å². The van der Waals surface area contributed by atoms with E-state index in [2.05, 4.69) is 25.3 Å². The van der Waals surface area contributed by atoms with Gasteiger partial charge in [0.2, 0.25) is 0 Å². The fourth-order valence-corrected chi connectivity index (χ4v) is 2.05. The van der Waals surface area contributed by atoms with Crippen LogP contribution in [0.25, 0.3) is 11.0 Å². The monoisotopic (exact) mass is 218 g/mol. The number of benzene rings is 1. The van der Waals surface area contributed by atoms with E-state index in [9.17, 15) is 0 Å². The first-order chi connectivity index (χ1) is 7.59. The lowest BCUT2D eigenvalue weighted by molar-refractivity contribution is 0.235. The van der Waals surface area contributed by atoms with Gasteiger partial charge in [0.1, 0.15) is 11.3 Å². The van der Waals surface area contributed by atoms with Crippen molar-refractivity contribution in [1.82, 2.24) is 10.4 Å². The van der Waals surface area contributed by atoms with Crippen LogP contribution in [0, 0.1) is 6.92 Å². The molecule has 1 N–H and O–H groups in total. The highest BCUT2D eigenvalue weighted by atomic mass is 16.3. The van der Waals surface area contributed by atoms with Gasteiger partial charge >= 0.3 is 0 Å². The maximum absolute atomic E-state index is 5.87. The van der Waals surface area contributed by atoms with Gasteiger partial charge in [-0.25, -0.2) is 10.4 Å². The molecule has 0 amide bonds. The molecule has 2 aromatic rings. The van der Waals surface area contributed by atoms with Crippen LogP contribution in [0.5, 0.6) is 0 Å². The maximum Gasteiger partial charge on any atom is 0.134 e. The van der Waals surface area contributed by atoms with Gasteiger partial charge in [-0.1, -0.05) is 18.2 Å². The van der Waals surface area contributed by atoms with Gasteiger partial charge in [0.15, 0.2) is 0 Å². The van der Waals surface area contributed by atoms with E-state index in [-0.39, 0.29) is 6.04 Å². The molecule has 0 aliphatic heterocycles. The molecule has 0 aliphatic rings. The number of furan rings is 1. The molecule has 0 aliphatic carbocycles. The van der Waals surface area contributed by atoms with Crippen LogP contribution in [0.3, 0.4) is 0 Å². The highest BCUT2D eigenvalue weighted by molar-refractivity contribution is 5.82. The predicted octanol–water partition coefficient (Wildman–Crippen LogP) is 2.87. The summed E-state index contributed by atoms with van der Waals surface area (Å²) in [6.07, 6.45) is 0. The quantitative estimate of drug-likeness (QED) is 0.803. The Bertz CT molecular complexity index is 488. The van der Waals surface area contributed by atoms with E-state index in [0.717, 1.165) is 11.3 Å². The number of aryl methyl sites for hydroxylation is 1. The van der Waals surface area contributed by atoms with Gasteiger partial charge in [-0.15, -0.1) is 0 Å². The molecule has 0 bridgehead atoms. The van der Waals surface area contributed by atoms with Crippen LogP contribution in [0.15, 0.2) is 28.7 Å². The first-order valence-corrected chi connectivity index (χ1v) is 5.51. The van der Waals surface area contributed by atoms with Crippen molar-refractivity contribution in [1.29, 1.82) is 0 Å². The summed E-state index contributed by atoms with van der Waals surface area (Å²) in [5, 5.41) is 3.14. The third-order valence-electron chi connectivity index (χ3n) is 2.73. The largest absolute Gasteiger partial charge is 0.459 e. The maximum atomic E-state index is 5.87. The van der Waals surface area contributed by atoms with Crippen LogP contribution in [0.4, 0.5) is 0 Å². The van der Waals surface area contributed by atoms with Crippen LogP contribution in [-0.4, -0.2) is 19.1 Å². The fraction of sp³-hybridized carbons (Fsp3) is 0.385. The van der Waals surface area contributed by atoms with Gasteiger partial charge in [-0.05, 0) is 19.9 Å². The van der Waals surface area contributed by atoms with Crippen molar-refractivity contribution in [3.63, 3.8) is 0 Å². The molecule has 0 spiro atoms. The Morgan fingerprint density at radius 3 is 2.56 bits per heavy atom. The van der Waals surface area contributed by atoms with E-state index >= 15 is 0 Å². The molecule has 1 atom stereocenters. The molecular weight excluding hydrogens is 200 g/mol. The molecule has 3 nitrogen and oxygen atoms in total. The summed E-state index contributed by atoms with van der Waals surface area (Å²) in [5.74, 6) is 1.01. The normalized spacial score (nSPS) is 13.6. The molecule has 86 valence electrons. The minimum absolute atomic E-state index is 0.183. The summed E-state index contributed by atoms with van der Waals surface area (Å²) < 4.78 is 5.87. The van der Waals surface area contributed by atoms with Crippen molar-refractivity contribution in [3.8, 4) is 0 Å². The lowest BCUT2D eigenvalue weighted by Gasteiger charge is -2.17. The lowest BCUT2D eigenvalue weighted by atomic mass is 10.1. The Morgan fingerprint density at radius 2 is 1.94 bits per heavy atom. The van der Waals surface area contributed by atoms with Crippen LogP contribution in [0.1, 0.15) is 24.3 Å². The van der Waals surface area contributed by atoms with Crippen molar-refractivity contribution < 1.29 is 4.42 Å². The first-order valence-electron chi connectivity index (χ1n) is 5.51. The highest BCUT2D eigenvalue weighted by Gasteiger charge is 2.16. The molecular formula is C13H18N2O. The number of nitrogens with one attached hydrogen (secondary N) is 1. The van der Waals surface area contributed by atoms with E-state index in [1.54, 1.807) is 0 Å². The fourth-order valence-electron chi connectivity index (χ4n) is 2.05. The predicted molar refractivity (Wildman–Crippen MR) is 66.2 cm³/mol. The lowest BCUT2D eigenvalue weighted by Crippen LogP contribution is -2.32. The number of rotatable bonds is 3. The van der Waals surface area contributed by atoms with Crippen LogP contribution >= 0.6 is 0 Å². The first kappa shape index (κ1) is 11.2. The summed E-state index contributed by atoms with van der Waals surface area (Å²) in [5.41, 5.74) is 5.48. The molecule has 0 radical (unpaired) electrons. The number of nitrogens with zero attached hydrogens (tertiary/aromatic N) is 1. The zero-order chi connectivity index (χ0) is 11.7. The van der Waals surface area contributed by atoms with Crippen LogP contribution in [-0.2, 0) is 0 Å². The SMILES string of the molecule is Cc1c(C(C)NN(C)C)oc2ccccc12. The molecule has 1 heterocycles. The number of hydrogen-bond donors (Lipinski definition) is 1. The van der Waals surface area contributed by atoms with E-state index in [1.165, 1.54) is 10.9 Å². The Balaban J connectivity index is 2.41. The molecule has 0 fully saturated rings. The molecule has 1 aromatic heterocycles. The van der Waals surface area contributed by atoms with Gasteiger partial charge in [0.05, 0.1) is 6.04 Å². The van der Waals surface area contributed by atoms with Crippen molar-refractivity contribution >= 4 is 11.0 Å². The molecule has 0 saturated carbocycles. The average Bonchev–Trinajstić information content (AvgIpc) is 2.56. The van der Waals surface area contributed by atoms with Gasteiger partial charge in [0, 0.05) is 25.0 Å². The van der Waals surface area contributed by atoms with Gasteiger partial charge in [-0.2, -0.15) is 0 Å². The highest BCUT2D eigenvalue weighted by Crippen LogP contribution is 2.28. The summed E-state index contributed by atoms with van der Waals surface area (Å²) in [6.45, 7) is 4.21. The number of fused-ring (bicyclic) bond motifs is 1. The molecule has 1 unspecified atom stereocenters. The zero-order valence-corrected chi connectivity index (χ0v) is 10.2. The molecule has 16 heavy (non-hydrogen) atoms. The second kappa shape index (κ2) is 4.28. The minimum atomic E-state index is 0.183.